The maximum atomic E-state index is 11.1. The number of carbonyl (C=O) groups excluding carboxylic acids is 1. The summed E-state index contributed by atoms with van der Waals surface area (Å²) >= 11 is 0. The van der Waals surface area contributed by atoms with E-state index in [0.717, 1.165) is 25.6 Å². The van der Waals surface area contributed by atoms with Gasteiger partial charge in [-0.05, 0) is 44.7 Å². The highest BCUT2D eigenvalue weighted by atomic mass is 16.5. The fraction of sp³-hybridized carbons (Fsp3) is 0.923. The van der Waals surface area contributed by atoms with E-state index in [1.54, 1.807) is 0 Å². The van der Waals surface area contributed by atoms with Crippen molar-refractivity contribution in [1.82, 2.24) is 10.2 Å². The zero-order valence-corrected chi connectivity index (χ0v) is 10.8. The summed E-state index contributed by atoms with van der Waals surface area (Å²) in [5.74, 6) is 0.846. The molecule has 0 radical (unpaired) electrons. The average Bonchev–Trinajstić information content (AvgIpc) is 3.18. The SMILES string of the molecule is COC(=O)CCN1CCCC(NCC2CC2)C1. The number of methoxy groups -OCH3 is 1. The predicted molar refractivity (Wildman–Crippen MR) is 66.8 cm³/mol. The number of piperidine rings is 1. The lowest BCUT2D eigenvalue weighted by molar-refractivity contribution is -0.141. The van der Waals surface area contributed by atoms with Gasteiger partial charge in [0.05, 0.1) is 13.5 Å². The normalized spacial score (nSPS) is 25.8. The summed E-state index contributed by atoms with van der Waals surface area (Å²) in [4.78, 5) is 13.5. The molecule has 1 saturated carbocycles. The second-order valence-corrected chi connectivity index (χ2v) is 5.32. The van der Waals surface area contributed by atoms with Gasteiger partial charge in [-0.1, -0.05) is 0 Å². The lowest BCUT2D eigenvalue weighted by Crippen LogP contribution is -2.46. The van der Waals surface area contributed by atoms with Crippen LogP contribution in [-0.4, -0.2) is 50.2 Å². The molecule has 2 rings (SSSR count). The third kappa shape index (κ3) is 4.64. The van der Waals surface area contributed by atoms with E-state index in [-0.39, 0.29) is 5.97 Å². The molecule has 2 fully saturated rings. The molecule has 1 saturated heterocycles. The highest BCUT2D eigenvalue weighted by molar-refractivity contribution is 5.69. The fourth-order valence-corrected chi connectivity index (χ4v) is 2.43. The largest absolute Gasteiger partial charge is 0.469 e. The van der Waals surface area contributed by atoms with Gasteiger partial charge in [0.15, 0.2) is 0 Å². The molecular weight excluding hydrogens is 216 g/mol. The summed E-state index contributed by atoms with van der Waals surface area (Å²) in [5, 5.41) is 3.66. The van der Waals surface area contributed by atoms with Crippen LogP contribution in [-0.2, 0) is 9.53 Å². The molecule has 4 heteroatoms. The molecule has 2 aliphatic rings. The minimum absolute atomic E-state index is 0.0990. The Morgan fingerprint density at radius 3 is 2.94 bits per heavy atom. The summed E-state index contributed by atoms with van der Waals surface area (Å²) in [7, 11) is 1.46. The van der Waals surface area contributed by atoms with Crippen molar-refractivity contribution in [3.8, 4) is 0 Å². The minimum Gasteiger partial charge on any atom is -0.469 e. The van der Waals surface area contributed by atoms with E-state index in [1.807, 2.05) is 0 Å². The summed E-state index contributed by atoms with van der Waals surface area (Å²) in [6.45, 7) is 4.24. The van der Waals surface area contributed by atoms with Gasteiger partial charge in [0.25, 0.3) is 0 Å². The quantitative estimate of drug-likeness (QED) is 0.704. The molecule has 1 unspecified atom stereocenters. The molecule has 0 aromatic heterocycles. The number of rotatable bonds is 6. The Labute approximate surface area is 104 Å². The number of ether oxygens (including phenoxy) is 1. The van der Waals surface area contributed by atoms with Crippen LogP contribution < -0.4 is 5.32 Å². The maximum Gasteiger partial charge on any atom is 0.306 e. The summed E-state index contributed by atoms with van der Waals surface area (Å²) in [6.07, 6.45) is 5.86. The van der Waals surface area contributed by atoms with Crippen molar-refractivity contribution < 1.29 is 9.53 Å². The Balaban J connectivity index is 1.62. The van der Waals surface area contributed by atoms with Gasteiger partial charge in [-0.25, -0.2) is 0 Å². The Kier molecular flexibility index (Phi) is 4.80. The summed E-state index contributed by atoms with van der Waals surface area (Å²) in [5.41, 5.74) is 0. The number of esters is 1. The van der Waals surface area contributed by atoms with Gasteiger partial charge in [-0.3, -0.25) is 4.79 Å². The molecule has 0 spiro atoms. The number of nitrogens with zero attached hydrogens (tertiary/aromatic N) is 1. The van der Waals surface area contributed by atoms with Crippen LogP contribution >= 0.6 is 0 Å². The maximum absolute atomic E-state index is 11.1. The van der Waals surface area contributed by atoms with E-state index < -0.39 is 0 Å². The smallest absolute Gasteiger partial charge is 0.306 e. The standard InChI is InChI=1S/C13H24N2O2/c1-17-13(16)6-8-15-7-2-3-12(10-15)14-9-11-4-5-11/h11-12,14H,2-10H2,1H3. The van der Waals surface area contributed by atoms with Crippen molar-refractivity contribution in [1.29, 1.82) is 0 Å². The molecule has 4 nitrogen and oxygen atoms in total. The molecule has 1 aliphatic carbocycles. The van der Waals surface area contributed by atoms with E-state index in [4.69, 9.17) is 0 Å². The average molecular weight is 240 g/mol. The van der Waals surface area contributed by atoms with Crippen molar-refractivity contribution in [3.63, 3.8) is 0 Å². The van der Waals surface area contributed by atoms with Crippen molar-refractivity contribution in [3.05, 3.63) is 0 Å². The Morgan fingerprint density at radius 2 is 2.24 bits per heavy atom. The Morgan fingerprint density at radius 1 is 1.41 bits per heavy atom. The molecular formula is C13H24N2O2. The van der Waals surface area contributed by atoms with Crippen LogP contribution in [0.1, 0.15) is 32.1 Å². The summed E-state index contributed by atoms with van der Waals surface area (Å²) < 4.78 is 4.67. The third-order valence-electron chi connectivity index (χ3n) is 3.76. The first kappa shape index (κ1) is 12.8. The molecule has 0 aromatic carbocycles. The molecule has 98 valence electrons. The van der Waals surface area contributed by atoms with Crippen molar-refractivity contribution >= 4 is 5.97 Å². The molecule has 1 atom stereocenters. The highest BCUT2D eigenvalue weighted by Crippen LogP contribution is 2.28. The van der Waals surface area contributed by atoms with Crippen molar-refractivity contribution in [2.75, 3.05) is 33.3 Å². The van der Waals surface area contributed by atoms with Crippen LogP contribution in [0.3, 0.4) is 0 Å². The van der Waals surface area contributed by atoms with Crippen LogP contribution in [0.5, 0.6) is 0 Å². The van der Waals surface area contributed by atoms with Gasteiger partial charge in [-0.2, -0.15) is 0 Å². The number of carbonyl (C=O) groups is 1. The number of nitrogens with one attached hydrogen (secondary N) is 1. The molecule has 1 N–H and O–H groups in total. The van der Waals surface area contributed by atoms with Crippen molar-refractivity contribution in [2.24, 2.45) is 5.92 Å². The molecule has 17 heavy (non-hydrogen) atoms. The first-order valence-corrected chi connectivity index (χ1v) is 6.80. The number of hydrogen-bond acceptors (Lipinski definition) is 4. The molecule has 0 amide bonds. The molecule has 1 heterocycles. The fourth-order valence-electron chi connectivity index (χ4n) is 2.43. The first-order chi connectivity index (χ1) is 8.28. The van der Waals surface area contributed by atoms with Gasteiger partial charge in [0.2, 0.25) is 0 Å². The monoisotopic (exact) mass is 240 g/mol. The van der Waals surface area contributed by atoms with Gasteiger partial charge in [-0.15, -0.1) is 0 Å². The molecule has 1 aliphatic heterocycles. The lowest BCUT2D eigenvalue weighted by atomic mass is 10.1. The lowest BCUT2D eigenvalue weighted by Gasteiger charge is -2.33. The first-order valence-electron chi connectivity index (χ1n) is 6.80. The van der Waals surface area contributed by atoms with Gasteiger partial charge in [0, 0.05) is 19.1 Å². The molecule has 0 aromatic rings. The number of likely N-dealkylation sites (tertiary alicyclic amines) is 1. The molecule has 0 bridgehead atoms. The second kappa shape index (κ2) is 6.36. The number of hydrogen-bond donors (Lipinski definition) is 1. The van der Waals surface area contributed by atoms with E-state index in [9.17, 15) is 4.79 Å². The van der Waals surface area contributed by atoms with Crippen LogP contribution in [0.25, 0.3) is 0 Å². The Bertz CT molecular complexity index is 254. The zero-order chi connectivity index (χ0) is 12.1. The summed E-state index contributed by atoms with van der Waals surface area (Å²) in [6, 6.07) is 0.627. The van der Waals surface area contributed by atoms with Gasteiger partial charge < -0.3 is 15.0 Å². The zero-order valence-electron chi connectivity index (χ0n) is 10.8. The van der Waals surface area contributed by atoms with Crippen molar-refractivity contribution in [2.45, 2.75) is 38.1 Å². The van der Waals surface area contributed by atoms with Crippen LogP contribution in [0, 0.1) is 5.92 Å². The van der Waals surface area contributed by atoms with E-state index in [1.165, 1.54) is 39.3 Å². The topological polar surface area (TPSA) is 41.6 Å². The Hall–Kier alpha value is -0.610. The predicted octanol–water partition coefficient (Wildman–Crippen LogP) is 1.01. The minimum atomic E-state index is -0.0990. The highest BCUT2D eigenvalue weighted by Gasteiger charge is 2.24. The van der Waals surface area contributed by atoms with Gasteiger partial charge >= 0.3 is 5.97 Å². The van der Waals surface area contributed by atoms with Crippen LogP contribution in [0.4, 0.5) is 0 Å². The van der Waals surface area contributed by atoms with E-state index >= 15 is 0 Å². The van der Waals surface area contributed by atoms with Crippen LogP contribution in [0.15, 0.2) is 0 Å². The second-order valence-electron chi connectivity index (χ2n) is 5.32. The van der Waals surface area contributed by atoms with E-state index in [2.05, 4.69) is 15.0 Å². The van der Waals surface area contributed by atoms with E-state index in [0.29, 0.717) is 12.5 Å². The van der Waals surface area contributed by atoms with Gasteiger partial charge in [0.1, 0.15) is 0 Å². The third-order valence-corrected chi connectivity index (χ3v) is 3.76. The van der Waals surface area contributed by atoms with Crippen LogP contribution in [0.2, 0.25) is 0 Å².